The van der Waals surface area contributed by atoms with Crippen LogP contribution in [0.1, 0.15) is 5.56 Å². The summed E-state index contributed by atoms with van der Waals surface area (Å²) in [5.41, 5.74) is 10.9. The molecule has 0 atom stereocenters. The summed E-state index contributed by atoms with van der Waals surface area (Å²) in [5, 5.41) is 2.82. The van der Waals surface area contributed by atoms with Crippen LogP contribution < -0.4 is 5.73 Å². The number of rotatable bonds is 2. The molecule has 0 fully saturated rings. The molecule has 4 aromatic rings. The number of nitrogens with two attached hydrogens (primary N) is 1. The van der Waals surface area contributed by atoms with Crippen LogP contribution >= 0.6 is 27.3 Å². The number of aromatic nitrogens is 3. The highest BCUT2D eigenvalue weighted by molar-refractivity contribution is 9.10. The molecule has 0 aliphatic carbocycles. The lowest BCUT2D eigenvalue weighted by Gasteiger charge is -2.10. The predicted molar refractivity (Wildman–Crippen MR) is 103 cm³/mol. The van der Waals surface area contributed by atoms with Gasteiger partial charge in [-0.05, 0) is 40.5 Å². The van der Waals surface area contributed by atoms with Crippen LogP contribution in [0, 0.1) is 6.92 Å². The fraction of sp³-hybridized carbons (Fsp3) is 0.0556. The molecule has 3 heterocycles. The Morgan fingerprint density at radius 1 is 1.08 bits per heavy atom. The summed E-state index contributed by atoms with van der Waals surface area (Å²) >= 11 is 5.16. The van der Waals surface area contributed by atoms with Crippen LogP contribution in [0.5, 0.6) is 0 Å². The minimum Gasteiger partial charge on any atom is -0.383 e. The third kappa shape index (κ3) is 2.68. The van der Waals surface area contributed by atoms with E-state index in [4.69, 9.17) is 10.7 Å². The molecule has 4 rings (SSSR count). The summed E-state index contributed by atoms with van der Waals surface area (Å²) in [5.74, 6) is 0.444. The Morgan fingerprint density at radius 2 is 1.88 bits per heavy atom. The number of hydrogen-bond acceptors (Lipinski definition) is 5. The zero-order valence-corrected chi connectivity index (χ0v) is 15.2. The van der Waals surface area contributed by atoms with E-state index in [2.05, 4.69) is 68.5 Å². The molecule has 1 aromatic carbocycles. The lowest BCUT2D eigenvalue weighted by atomic mass is 10.0. The van der Waals surface area contributed by atoms with Crippen LogP contribution in [-0.4, -0.2) is 15.0 Å². The van der Waals surface area contributed by atoms with Crippen molar-refractivity contribution in [2.75, 3.05) is 5.73 Å². The summed E-state index contributed by atoms with van der Waals surface area (Å²) in [7, 11) is 0. The third-order valence-corrected chi connectivity index (χ3v) is 5.52. The average molecular weight is 397 g/mol. The molecule has 0 aliphatic rings. The first-order valence-electron chi connectivity index (χ1n) is 7.34. The summed E-state index contributed by atoms with van der Waals surface area (Å²) in [6.45, 7) is 2.07. The van der Waals surface area contributed by atoms with E-state index in [1.807, 2.05) is 6.07 Å². The van der Waals surface area contributed by atoms with Crippen molar-refractivity contribution in [3.8, 4) is 21.7 Å². The topological polar surface area (TPSA) is 64.7 Å². The number of pyridine rings is 1. The second-order valence-electron chi connectivity index (χ2n) is 5.51. The van der Waals surface area contributed by atoms with E-state index in [0.717, 1.165) is 31.6 Å². The van der Waals surface area contributed by atoms with Gasteiger partial charge in [0.25, 0.3) is 0 Å². The Kier molecular flexibility index (Phi) is 3.78. The molecule has 0 aliphatic heterocycles. The first-order chi connectivity index (χ1) is 11.6. The number of thiophene rings is 1. The van der Waals surface area contributed by atoms with Gasteiger partial charge in [0.2, 0.25) is 0 Å². The lowest BCUT2D eigenvalue weighted by molar-refractivity contribution is 1.19. The van der Waals surface area contributed by atoms with Crippen molar-refractivity contribution in [1.29, 1.82) is 0 Å². The number of nitrogen functional groups attached to an aromatic ring is 1. The number of fused-ring (bicyclic) bond motifs is 1. The standard InChI is InChI=1S/C18H13BrN4S/c1-10-2-4-11(5-3-10)13-7-14-17(20)21-9-22-18(14)23-16(13)15-6-12(19)8-24-15/h2-9H,1H3,(H2,20,21,22,23). The quantitative estimate of drug-likeness (QED) is 0.513. The van der Waals surface area contributed by atoms with Crippen molar-refractivity contribution in [2.45, 2.75) is 6.92 Å². The van der Waals surface area contributed by atoms with Crippen molar-refractivity contribution < 1.29 is 0 Å². The fourth-order valence-electron chi connectivity index (χ4n) is 2.58. The second kappa shape index (κ2) is 5.96. The van der Waals surface area contributed by atoms with E-state index in [1.54, 1.807) is 11.3 Å². The molecule has 4 nitrogen and oxygen atoms in total. The number of halogens is 1. The number of benzene rings is 1. The zero-order chi connectivity index (χ0) is 16.7. The number of anilines is 1. The molecule has 6 heteroatoms. The van der Waals surface area contributed by atoms with Crippen LogP contribution in [0.3, 0.4) is 0 Å². The van der Waals surface area contributed by atoms with Gasteiger partial charge in [-0.3, -0.25) is 0 Å². The highest BCUT2D eigenvalue weighted by atomic mass is 79.9. The largest absolute Gasteiger partial charge is 0.383 e. The van der Waals surface area contributed by atoms with Crippen molar-refractivity contribution >= 4 is 44.1 Å². The summed E-state index contributed by atoms with van der Waals surface area (Å²) < 4.78 is 1.04. The molecule has 118 valence electrons. The van der Waals surface area contributed by atoms with Crippen molar-refractivity contribution in [3.63, 3.8) is 0 Å². The van der Waals surface area contributed by atoms with Gasteiger partial charge >= 0.3 is 0 Å². The maximum atomic E-state index is 6.02. The Morgan fingerprint density at radius 3 is 2.58 bits per heavy atom. The highest BCUT2D eigenvalue weighted by Crippen LogP contribution is 2.37. The Labute approximate surface area is 151 Å². The molecule has 0 unspecified atom stereocenters. The van der Waals surface area contributed by atoms with Gasteiger partial charge in [0.1, 0.15) is 12.1 Å². The number of aryl methyl sites for hydroxylation is 1. The minimum absolute atomic E-state index is 0.444. The number of nitrogens with zero attached hydrogens (tertiary/aromatic N) is 3. The van der Waals surface area contributed by atoms with Crippen molar-refractivity contribution in [3.05, 3.63) is 58.1 Å². The third-order valence-electron chi connectivity index (χ3n) is 3.82. The molecule has 0 saturated heterocycles. The highest BCUT2D eigenvalue weighted by Gasteiger charge is 2.15. The average Bonchev–Trinajstić information content (AvgIpc) is 3.01. The molecule has 0 saturated carbocycles. The van der Waals surface area contributed by atoms with E-state index < -0.39 is 0 Å². The molecule has 0 radical (unpaired) electrons. The van der Waals surface area contributed by atoms with Gasteiger partial charge in [0.15, 0.2) is 5.65 Å². The molecule has 3 aromatic heterocycles. The molecule has 0 amide bonds. The van der Waals surface area contributed by atoms with Crippen LogP contribution in [0.4, 0.5) is 5.82 Å². The van der Waals surface area contributed by atoms with Crippen LogP contribution in [0.2, 0.25) is 0 Å². The van der Waals surface area contributed by atoms with Gasteiger partial charge < -0.3 is 5.73 Å². The SMILES string of the molecule is Cc1ccc(-c2cc3c(N)ncnc3nc2-c2cc(Br)cs2)cc1. The van der Waals surface area contributed by atoms with Gasteiger partial charge in [0, 0.05) is 15.4 Å². The smallest absolute Gasteiger partial charge is 0.165 e. The van der Waals surface area contributed by atoms with E-state index in [1.165, 1.54) is 11.9 Å². The first kappa shape index (κ1) is 15.2. The molecular formula is C18H13BrN4S. The van der Waals surface area contributed by atoms with Gasteiger partial charge in [-0.1, -0.05) is 29.8 Å². The van der Waals surface area contributed by atoms with Crippen molar-refractivity contribution in [2.24, 2.45) is 0 Å². The van der Waals surface area contributed by atoms with E-state index in [0.29, 0.717) is 11.5 Å². The van der Waals surface area contributed by atoms with Gasteiger partial charge in [-0.15, -0.1) is 11.3 Å². The molecular weight excluding hydrogens is 384 g/mol. The molecule has 2 N–H and O–H groups in total. The van der Waals surface area contributed by atoms with E-state index in [-0.39, 0.29) is 0 Å². The zero-order valence-electron chi connectivity index (χ0n) is 12.8. The molecule has 0 bridgehead atoms. The van der Waals surface area contributed by atoms with Crippen LogP contribution in [-0.2, 0) is 0 Å². The van der Waals surface area contributed by atoms with Gasteiger partial charge in [-0.2, -0.15) is 0 Å². The summed E-state index contributed by atoms with van der Waals surface area (Å²) in [6, 6.07) is 12.5. The summed E-state index contributed by atoms with van der Waals surface area (Å²) in [4.78, 5) is 14.2. The maximum absolute atomic E-state index is 6.02. The Hall–Kier alpha value is -2.31. The van der Waals surface area contributed by atoms with Crippen LogP contribution in [0.25, 0.3) is 32.7 Å². The van der Waals surface area contributed by atoms with E-state index >= 15 is 0 Å². The summed E-state index contributed by atoms with van der Waals surface area (Å²) in [6.07, 6.45) is 1.45. The van der Waals surface area contributed by atoms with Gasteiger partial charge in [0.05, 0.1) is 16.0 Å². The Balaban J connectivity index is 2.04. The lowest BCUT2D eigenvalue weighted by Crippen LogP contribution is -1.97. The molecule has 24 heavy (non-hydrogen) atoms. The van der Waals surface area contributed by atoms with Crippen molar-refractivity contribution in [1.82, 2.24) is 15.0 Å². The fourth-order valence-corrected chi connectivity index (χ4v) is 4.01. The molecule has 0 spiro atoms. The first-order valence-corrected chi connectivity index (χ1v) is 9.02. The normalized spacial score (nSPS) is 11.1. The second-order valence-corrected chi connectivity index (χ2v) is 7.34. The maximum Gasteiger partial charge on any atom is 0.165 e. The van der Waals surface area contributed by atoms with Crippen LogP contribution in [0.15, 0.2) is 52.6 Å². The Bertz CT molecular complexity index is 1040. The monoisotopic (exact) mass is 396 g/mol. The predicted octanol–water partition coefficient (Wildman–Crippen LogP) is 5.07. The van der Waals surface area contributed by atoms with E-state index in [9.17, 15) is 0 Å². The minimum atomic E-state index is 0.444. The number of hydrogen-bond donors (Lipinski definition) is 1. The van der Waals surface area contributed by atoms with Gasteiger partial charge in [-0.25, -0.2) is 15.0 Å².